The van der Waals surface area contributed by atoms with E-state index >= 15 is 0 Å². The van der Waals surface area contributed by atoms with E-state index in [1.807, 2.05) is 12.3 Å². The molecule has 2 heteroatoms. The highest BCUT2D eigenvalue weighted by Crippen LogP contribution is 2.26. The van der Waals surface area contributed by atoms with E-state index in [2.05, 4.69) is 40.6 Å². The predicted molar refractivity (Wildman–Crippen MR) is 60.4 cm³/mol. The molecule has 1 aromatic carbocycles. The van der Waals surface area contributed by atoms with Crippen LogP contribution in [0, 0.1) is 0 Å². The van der Waals surface area contributed by atoms with Crippen LogP contribution in [0.5, 0.6) is 0 Å². The monoisotopic (exact) mass is 196 g/mol. The van der Waals surface area contributed by atoms with Gasteiger partial charge in [-0.25, -0.2) is 0 Å². The SMILES string of the molecule is c1cncc(-c2cccc([C@H]3CN3)c2)c1. The molecule has 2 aromatic rings. The molecule has 0 aliphatic carbocycles. The number of aromatic nitrogens is 1. The van der Waals surface area contributed by atoms with Gasteiger partial charge in [0.1, 0.15) is 0 Å². The first-order chi connectivity index (χ1) is 7.43. The number of hydrogen-bond acceptors (Lipinski definition) is 2. The van der Waals surface area contributed by atoms with Crippen molar-refractivity contribution in [1.82, 2.24) is 10.3 Å². The van der Waals surface area contributed by atoms with Crippen molar-refractivity contribution in [2.75, 3.05) is 6.54 Å². The van der Waals surface area contributed by atoms with Crippen LogP contribution >= 0.6 is 0 Å². The Balaban J connectivity index is 2.01. The van der Waals surface area contributed by atoms with Gasteiger partial charge >= 0.3 is 0 Å². The first-order valence-corrected chi connectivity index (χ1v) is 5.17. The van der Waals surface area contributed by atoms with Gasteiger partial charge in [-0.3, -0.25) is 4.98 Å². The normalized spacial score (nSPS) is 18.8. The lowest BCUT2D eigenvalue weighted by atomic mass is 10.0. The molecule has 1 atom stereocenters. The Morgan fingerprint density at radius 2 is 2.00 bits per heavy atom. The third kappa shape index (κ3) is 1.76. The number of pyridine rings is 1. The standard InChI is InChI=1S/C13H12N2/c1-3-10(12-5-2-6-14-8-12)7-11(4-1)13-9-15-13/h1-8,13,15H,9H2/t13-/m1/s1. The first kappa shape index (κ1) is 8.62. The second kappa shape index (κ2) is 3.48. The maximum absolute atomic E-state index is 4.14. The van der Waals surface area contributed by atoms with Crippen LogP contribution in [-0.2, 0) is 0 Å². The lowest BCUT2D eigenvalue weighted by Gasteiger charge is -2.03. The average Bonchev–Trinajstić information content (AvgIpc) is 3.14. The number of nitrogens with one attached hydrogen (secondary N) is 1. The van der Waals surface area contributed by atoms with Crippen molar-refractivity contribution in [3.8, 4) is 11.1 Å². The van der Waals surface area contributed by atoms with Crippen molar-refractivity contribution in [3.05, 3.63) is 54.4 Å². The highest BCUT2D eigenvalue weighted by atomic mass is 15.1. The molecule has 0 spiro atoms. The van der Waals surface area contributed by atoms with Crippen LogP contribution in [0.25, 0.3) is 11.1 Å². The van der Waals surface area contributed by atoms with Gasteiger partial charge in [0.25, 0.3) is 0 Å². The molecule has 0 saturated carbocycles. The van der Waals surface area contributed by atoms with E-state index in [0.717, 1.165) is 6.54 Å². The van der Waals surface area contributed by atoms with E-state index < -0.39 is 0 Å². The maximum Gasteiger partial charge on any atom is 0.0447 e. The van der Waals surface area contributed by atoms with Crippen LogP contribution in [0.15, 0.2) is 48.8 Å². The largest absolute Gasteiger partial charge is 0.307 e. The summed E-state index contributed by atoms with van der Waals surface area (Å²) >= 11 is 0. The molecule has 1 aromatic heterocycles. The van der Waals surface area contributed by atoms with E-state index in [0.29, 0.717) is 6.04 Å². The van der Waals surface area contributed by atoms with Crippen LogP contribution in [0.1, 0.15) is 11.6 Å². The zero-order chi connectivity index (χ0) is 10.1. The Bertz CT molecular complexity index is 461. The van der Waals surface area contributed by atoms with E-state index in [1.165, 1.54) is 16.7 Å². The molecular formula is C13H12N2. The third-order valence-electron chi connectivity index (χ3n) is 2.69. The molecule has 1 aliphatic rings. The third-order valence-corrected chi connectivity index (χ3v) is 2.69. The fraction of sp³-hybridized carbons (Fsp3) is 0.154. The molecule has 1 saturated heterocycles. The number of nitrogens with zero attached hydrogens (tertiary/aromatic N) is 1. The lowest BCUT2D eigenvalue weighted by molar-refractivity contribution is 1.08. The number of rotatable bonds is 2. The zero-order valence-corrected chi connectivity index (χ0v) is 8.35. The highest BCUT2D eigenvalue weighted by molar-refractivity contribution is 5.63. The summed E-state index contributed by atoms with van der Waals surface area (Å²) in [5, 5.41) is 3.31. The molecule has 0 amide bonds. The molecule has 1 aliphatic heterocycles. The molecule has 1 fully saturated rings. The minimum absolute atomic E-state index is 0.571. The van der Waals surface area contributed by atoms with Crippen molar-refractivity contribution in [2.24, 2.45) is 0 Å². The summed E-state index contributed by atoms with van der Waals surface area (Å²) < 4.78 is 0. The molecule has 74 valence electrons. The minimum atomic E-state index is 0.571. The van der Waals surface area contributed by atoms with E-state index in [4.69, 9.17) is 0 Å². The Kier molecular flexibility index (Phi) is 2.00. The quantitative estimate of drug-likeness (QED) is 0.748. The predicted octanol–water partition coefficient (Wildman–Crippen LogP) is 2.39. The van der Waals surface area contributed by atoms with Crippen molar-refractivity contribution in [1.29, 1.82) is 0 Å². The second-order valence-corrected chi connectivity index (χ2v) is 3.83. The van der Waals surface area contributed by atoms with Crippen molar-refractivity contribution < 1.29 is 0 Å². The van der Waals surface area contributed by atoms with E-state index in [9.17, 15) is 0 Å². The summed E-state index contributed by atoms with van der Waals surface area (Å²) in [7, 11) is 0. The number of hydrogen-bond donors (Lipinski definition) is 1. The van der Waals surface area contributed by atoms with E-state index in [1.54, 1.807) is 6.20 Å². The fourth-order valence-electron chi connectivity index (χ4n) is 1.76. The molecule has 3 rings (SSSR count). The molecule has 15 heavy (non-hydrogen) atoms. The maximum atomic E-state index is 4.14. The van der Waals surface area contributed by atoms with Crippen molar-refractivity contribution in [3.63, 3.8) is 0 Å². The van der Waals surface area contributed by atoms with Crippen LogP contribution < -0.4 is 5.32 Å². The Morgan fingerprint density at radius 1 is 1.13 bits per heavy atom. The van der Waals surface area contributed by atoms with Gasteiger partial charge < -0.3 is 5.32 Å². The van der Waals surface area contributed by atoms with Crippen molar-refractivity contribution in [2.45, 2.75) is 6.04 Å². The Labute approximate surface area is 89.0 Å². The Morgan fingerprint density at radius 3 is 2.73 bits per heavy atom. The molecule has 0 radical (unpaired) electrons. The topological polar surface area (TPSA) is 34.8 Å². The lowest BCUT2D eigenvalue weighted by Crippen LogP contribution is -1.85. The van der Waals surface area contributed by atoms with E-state index in [-0.39, 0.29) is 0 Å². The van der Waals surface area contributed by atoms with Gasteiger partial charge in [0.2, 0.25) is 0 Å². The molecule has 0 bridgehead atoms. The smallest absolute Gasteiger partial charge is 0.0447 e. The summed E-state index contributed by atoms with van der Waals surface area (Å²) in [6, 6.07) is 13.3. The average molecular weight is 196 g/mol. The first-order valence-electron chi connectivity index (χ1n) is 5.17. The van der Waals surface area contributed by atoms with Crippen LogP contribution in [0.3, 0.4) is 0 Å². The molecule has 2 heterocycles. The molecule has 0 unspecified atom stereocenters. The summed E-state index contributed by atoms with van der Waals surface area (Å²) in [6.45, 7) is 1.11. The molecule has 2 nitrogen and oxygen atoms in total. The second-order valence-electron chi connectivity index (χ2n) is 3.83. The van der Waals surface area contributed by atoms with Gasteiger partial charge in [-0.1, -0.05) is 24.3 Å². The fourth-order valence-corrected chi connectivity index (χ4v) is 1.76. The van der Waals surface area contributed by atoms with Gasteiger partial charge in [0, 0.05) is 25.0 Å². The summed E-state index contributed by atoms with van der Waals surface area (Å²) in [5.41, 5.74) is 3.80. The van der Waals surface area contributed by atoms with Gasteiger partial charge in [-0.05, 0) is 28.8 Å². The molecule has 1 N–H and O–H groups in total. The highest BCUT2D eigenvalue weighted by Gasteiger charge is 2.21. The van der Waals surface area contributed by atoms with Crippen molar-refractivity contribution >= 4 is 0 Å². The van der Waals surface area contributed by atoms with Crippen LogP contribution in [0.2, 0.25) is 0 Å². The van der Waals surface area contributed by atoms with Gasteiger partial charge in [-0.2, -0.15) is 0 Å². The zero-order valence-electron chi connectivity index (χ0n) is 8.35. The van der Waals surface area contributed by atoms with Gasteiger partial charge in [0.15, 0.2) is 0 Å². The van der Waals surface area contributed by atoms with Crippen LogP contribution in [-0.4, -0.2) is 11.5 Å². The summed E-state index contributed by atoms with van der Waals surface area (Å²) in [6.07, 6.45) is 3.70. The minimum Gasteiger partial charge on any atom is -0.307 e. The van der Waals surface area contributed by atoms with Gasteiger partial charge in [0.05, 0.1) is 0 Å². The van der Waals surface area contributed by atoms with Crippen LogP contribution in [0.4, 0.5) is 0 Å². The summed E-state index contributed by atoms with van der Waals surface area (Å²) in [5.74, 6) is 0. The molecular weight excluding hydrogens is 184 g/mol. The number of benzene rings is 1. The Hall–Kier alpha value is -1.67. The van der Waals surface area contributed by atoms with Gasteiger partial charge in [-0.15, -0.1) is 0 Å². The summed E-state index contributed by atoms with van der Waals surface area (Å²) in [4.78, 5) is 4.14.